The maximum Gasteiger partial charge on any atom is 0.127 e. The van der Waals surface area contributed by atoms with E-state index < -0.39 is 0 Å². The molecule has 106 valence electrons. The lowest BCUT2D eigenvalue weighted by molar-refractivity contribution is 0.0593. The molecule has 0 heterocycles. The Morgan fingerprint density at radius 1 is 1.37 bits per heavy atom. The van der Waals surface area contributed by atoms with Gasteiger partial charge in [-0.3, -0.25) is 0 Å². The zero-order chi connectivity index (χ0) is 13.7. The molecule has 0 bridgehead atoms. The van der Waals surface area contributed by atoms with Crippen molar-refractivity contribution in [2.24, 2.45) is 0 Å². The summed E-state index contributed by atoms with van der Waals surface area (Å²) in [6.45, 7) is 6.07. The number of para-hydroxylation sites is 1. The molecule has 0 aliphatic heterocycles. The number of hydrogen-bond acceptors (Lipinski definition) is 3. The van der Waals surface area contributed by atoms with Crippen molar-refractivity contribution >= 4 is 0 Å². The summed E-state index contributed by atoms with van der Waals surface area (Å²) >= 11 is 0. The van der Waals surface area contributed by atoms with E-state index in [0.717, 1.165) is 50.1 Å². The Kier molecular flexibility index (Phi) is 5.23. The second-order valence-corrected chi connectivity index (χ2v) is 5.39. The molecule has 2 unspecified atom stereocenters. The summed E-state index contributed by atoms with van der Waals surface area (Å²) in [5.41, 5.74) is 2.34. The van der Waals surface area contributed by atoms with Gasteiger partial charge in [0.25, 0.3) is 0 Å². The van der Waals surface area contributed by atoms with Crippen LogP contribution in [-0.2, 0) is 6.54 Å². The Morgan fingerprint density at radius 2 is 2.21 bits per heavy atom. The Bertz CT molecular complexity index is 406. The van der Waals surface area contributed by atoms with Gasteiger partial charge in [0.05, 0.1) is 6.10 Å². The van der Waals surface area contributed by atoms with Crippen LogP contribution in [0.5, 0.6) is 5.75 Å². The van der Waals surface area contributed by atoms with E-state index >= 15 is 0 Å². The van der Waals surface area contributed by atoms with Crippen LogP contribution in [0.4, 0.5) is 0 Å². The monoisotopic (exact) mass is 263 g/mol. The standard InChI is InChI=1S/C16H25NO2/c1-3-10-17-11-13-7-4-6-12(2)16(13)19-15-9-5-8-14(15)18/h4,6-7,14-15,17-18H,3,5,8-11H2,1-2H3. The van der Waals surface area contributed by atoms with E-state index in [0.29, 0.717) is 0 Å². The van der Waals surface area contributed by atoms with Crippen LogP contribution in [0, 0.1) is 6.92 Å². The minimum absolute atomic E-state index is 0.0361. The van der Waals surface area contributed by atoms with Crippen molar-refractivity contribution in [3.8, 4) is 5.75 Å². The highest BCUT2D eigenvalue weighted by atomic mass is 16.5. The second-order valence-electron chi connectivity index (χ2n) is 5.39. The van der Waals surface area contributed by atoms with E-state index in [4.69, 9.17) is 4.74 Å². The van der Waals surface area contributed by atoms with Gasteiger partial charge in [0, 0.05) is 12.1 Å². The van der Waals surface area contributed by atoms with Gasteiger partial charge in [-0.05, 0) is 44.7 Å². The number of aliphatic hydroxyl groups excluding tert-OH is 1. The number of aliphatic hydroxyl groups is 1. The summed E-state index contributed by atoms with van der Waals surface area (Å²) in [4.78, 5) is 0. The smallest absolute Gasteiger partial charge is 0.127 e. The lowest BCUT2D eigenvalue weighted by Crippen LogP contribution is -2.27. The lowest BCUT2D eigenvalue weighted by Gasteiger charge is -2.21. The average Bonchev–Trinajstić information content (AvgIpc) is 2.79. The van der Waals surface area contributed by atoms with Crippen molar-refractivity contribution in [3.05, 3.63) is 29.3 Å². The molecule has 0 aromatic heterocycles. The van der Waals surface area contributed by atoms with Crippen molar-refractivity contribution in [2.45, 2.75) is 58.3 Å². The van der Waals surface area contributed by atoms with Crippen LogP contribution in [0.25, 0.3) is 0 Å². The molecule has 2 N–H and O–H groups in total. The van der Waals surface area contributed by atoms with Crippen LogP contribution >= 0.6 is 0 Å². The highest BCUT2D eigenvalue weighted by Crippen LogP contribution is 2.29. The van der Waals surface area contributed by atoms with Gasteiger partial charge in [-0.2, -0.15) is 0 Å². The number of nitrogens with one attached hydrogen (secondary N) is 1. The Morgan fingerprint density at radius 3 is 2.89 bits per heavy atom. The molecule has 0 spiro atoms. The van der Waals surface area contributed by atoms with E-state index in [9.17, 15) is 5.11 Å². The minimum atomic E-state index is -0.309. The summed E-state index contributed by atoms with van der Waals surface area (Å²) in [7, 11) is 0. The minimum Gasteiger partial charge on any atom is -0.487 e. The van der Waals surface area contributed by atoms with Crippen LogP contribution in [0.3, 0.4) is 0 Å². The quantitative estimate of drug-likeness (QED) is 0.775. The number of ether oxygens (including phenoxy) is 1. The van der Waals surface area contributed by atoms with Crippen LogP contribution in [0.2, 0.25) is 0 Å². The molecular formula is C16H25NO2. The zero-order valence-corrected chi connectivity index (χ0v) is 12.0. The fourth-order valence-corrected chi connectivity index (χ4v) is 2.62. The molecule has 1 aliphatic rings. The Balaban J connectivity index is 2.08. The first-order chi connectivity index (χ1) is 9.22. The first kappa shape index (κ1) is 14.4. The normalized spacial score (nSPS) is 22.7. The third-order valence-corrected chi connectivity index (χ3v) is 3.72. The second kappa shape index (κ2) is 6.92. The van der Waals surface area contributed by atoms with Gasteiger partial charge in [0.15, 0.2) is 0 Å². The van der Waals surface area contributed by atoms with Crippen molar-refractivity contribution in [2.75, 3.05) is 6.54 Å². The number of hydrogen-bond donors (Lipinski definition) is 2. The predicted octanol–water partition coefficient (Wildman–Crippen LogP) is 2.79. The first-order valence-electron chi connectivity index (χ1n) is 7.36. The molecule has 1 aromatic rings. The first-order valence-corrected chi connectivity index (χ1v) is 7.36. The van der Waals surface area contributed by atoms with Crippen molar-refractivity contribution in [3.63, 3.8) is 0 Å². The predicted molar refractivity (Wildman–Crippen MR) is 77.5 cm³/mol. The molecule has 2 atom stereocenters. The molecule has 0 amide bonds. The third-order valence-electron chi connectivity index (χ3n) is 3.72. The molecule has 1 saturated carbocycles. The summed E-state index contributed by atoms with van der Waals surface area (Å²) in [6.07, 6.45) is 3.66. The van der Waals surface area contributed by atoms with Gasteiger partial charge >= 0.3 is 0 Å². The lowest BCUT2D eigenvalue weighted by atomic mass is 10.1. The van der Waals surface area contributed by atoms with Gasteiger partial charge in [-0.25, -0.2) is 0 Å². The summed E-state index contributed by atoms with van der Waals surface area (Å²) < 4.78 is 6.09. The molecular weight excluding hydrogens is 238 g/mol. The third kappa shape index (κ3) is 3.71. The van der Waals surface area contributed by atoms with Gasteiger partial charge in [-0.15, -0.1) is 0 Å². The van der Waals surface area contributed by atoms with E-state index in [1.54, 1.807) is 0 Å². The molecule has 3 nitrogen and oxygen atoms in total. The van der Waals surface area contributed by atoms with Crippen molar-refractivity contribution in [1.82, 2.24) is 5.32 Å². The fraction of sp³-hybridized carbons (Fsp3) is 0.625. The highest BCUT2D eigenvalue weighted by molar-refractivity contribution is 5.41. The maximum absolute atomic E-state index is 9.91. The Hall–Kier alpha value is -1.06. The van der Waals surface area contributed by atoms with Crippen LogP contribution < -0.4 is 10.1 Å². The van der Waals surface area contributed by atoms with E-state index in [1.165, 1.54) is 5.56 Å². The van der Waals surface area contributed by atoms with Crippen LogP contribution in [-0.4, -0.2) is 23.9 Å². The molecule has 0 saturated heterocycles. The van der Waals surface area contributed by atoms with Crippen molar-refractivity contribution in [1.29, 1.82) is 0 Å². The number of aryl methyl sites for hydroxylation is 1. The SMILES string of the molecule is CCCNCc1cccc(C)c1OC1CCCC1O. The number of rotatable bonds is 6. The molecule has 2 rings (SSSR count). The van der Waals surface area contributed by atoms with Gasteiger partial charge < -0.3 is 15.2 Å². The number of benzene rings is 1. The average molecular weight is 263 g/mol. The molecule has 3 heteroatoms. The van der Waals surface area contributed by atoms with Crippen molar-refractivity contribution < 1.29 is 9.84 Å². The molecule has 19 heavy (non-hydrogen) atoms. The van der Waals surface area contributed by atoms with Gasteiger partial charge in [0.2, 0.25) is 0 Å². The van der Waals surface area contributed by atoms with Gasteiger partial charge in [-0.1, -0.05) is 25.1 Å². The maximum atomic E-state index is 9.91. The van der Waals surface area contributed by atoms with Crippen LogP contribution in [0.1, 0.15) is 43.7 Å². The Labute approximate surface area is 116 Å². The molecule has 1 aromatic carbocycles. The topological polar surface area (TPSA) is 41.5 Å². The van der Waals surface area contributed by atoms with Crippen LogP contribution in [0.15, 0.2) is 18.2 Å². The summed E-state index contributed by atoms with van der Waals surface area (Å²) in [5, 5.41) is 13.3. The van der Waals surface area contributed by atoms with E-state index in [1.807, 2.05) is 0 Å². The summed E-state index contributed by atoms with van der Waals surface area (Å²) in [5.74, 6) is 0.956. The summed E-state index contributed by atoms with van der Waals surface area (Å²) in [6, 6.07) is 6.24. The largest absolute Gasteiger partial charge is 0.487 e. The fourth-order valence-electron chi connectivity index (χ4n) is 2.62. The van der Waals surface area contributed by atoms with E-state index in [-0.39, 0.29) is 12.2 Å². The zero-order valence-electron chi connectivity index (χ0n) is 12.0. The van der Waals surface area contributed by atoms with Gasteiger partial charge in [0.1, 0.15) is 11.9 Å². The highest BCUT2D eigenvalue weighted by Gasteiger charge is 2.27. The molecule has 0 radical (unpaired) electrons. The molecule has 1 aliphatic carbocycles. The molecule has 1 fully saturated rings. The van der Waals surface area contributed by atoms with E-state index in [2.05, 4.69) is 37.4 Å².